The summed E-state index contributed by atoms with van der Waals surface area (Å²) in [6.45, 7) is 8.47. The highest BCUT2D eigenvalue weighted by molar-refractivity contribution is 5.98. The van der Waals surface area contributed by atoms with Crippen LogP contribution in [0.3, 0.4) is 0 Å². The maximum atomic E-state index is 13.2. The molecule has 3 aromatic rings. The van der Waals surface area contributed by atoms with Gasteiger partial charge in [0.05, 0.1) is 17.2 Å². The number of piperazine rings is 1. The van der Waals surface area contributed by atoms with E-state index in [1.165, 1.54) is 6.20 Å². The lowest BCUT2D eigenvalue weighted by Gasteiger charge is -2.34. The molecule has 1 aliphatic rings. The largest absolute Gasteiger partial charge is 0.486 e. The Balaban J connectivity index is 1.53. The van der Waals surface area contributed by atoms with Crippen LogP contribution in [0, 0.1) is 18.3 Å². The zero-order chi connectivity index (χ0) is 26.2. The van der Waals surface area contributed by atoms with Crippen molar-refractivity contribution in [3.05, 3.63) is 94.3 Å². The Kier molecular flexibility index (Phi) is 8.49. The Hall–Kier alpha value is -4.22. The molecule has 0 saturated carbocycles. The van der Waals surface area contributed by atoms with Gasteiger partial charge in [0, 0.05) is 38.9 Å². The summed E-state index contributed by atoms with van der Waals surface area (Å²) < 4.78 is 6.02. The van der Waals surface area contributed by atoms with Crippen molar-refractivity contribution in [1.29, 1.82) is 5.26 Å². The molecule has 1 aromatic heterocycles. The second kappa shape index (κ2) is 12.2. The van der Waals surface area contributed by atoms with Gasteiger partial charge in [0.15, 0.2) is 11.4 Å². The molecule has 0 atom stereocenters. The van der Waals surface area contributed by atoms with Gasteiger partial charge in [0.1, 0.15) is 6.61 Å². The summed E-state index contributed by atoms with van der Waals surface area (Å²) in [6, 6.07) is 18.7. The van der Waals surface area contributed by atoms with E-state index in [0.717, 1.165) is 36.3 Å². The van der Waals surface area contributed by atoms with E-state index in [0.29, 0.717) is 24.2 Å². The predicted octanol–water partition coefficient (Wildman–Crippen LogP) is 3.55. The summed E-state index contributed by atoms with van der Waals surface area (Å²) in [5.41, 5.74) is 3.84. The number of carbonyl (C=O) groups is 2. The summed E-state index contributed by atoms with van der Waals surface area (Å²) in [5, 5.41) is 12.0. The first-order chi connectivity index (χ1) is 18.0. The first-order valence-electron chi connectivity index (χ1n) is 12.4. The number of benzene rings is 2. The SMILES string of the molecule is CCN1CCN(C(=O)c2cnc(C(=O)NCc3ccc(C#N)cc3C)c(OCc3ccccc3)c2)CC1. The third kappa shape index (κ3) is 6.51. The van der Waals surface area contributed by atoms with Gasteiger partial charge in [-0.1, -0.05) is 43.3 Å². The van der Waals surface area contributed by atoms with Gasteiger partial charge in [-0.05, 0) is 48.4 Å². The van der Waals surface area contributed by atoms with Gasteiger partial charge in [0.25, 0.3) is 11.8 Å². The molecule has 2 aromatic carbocycles. The maximum absolute atomic E-state index is 13.2. The van der Waals surface area contributed by atoms with Crippen molar-refractivity contribution in [2.75, 3.05) is 32.7 Å². The molecule has 1 aliphatic heterocycles. The molecule has 0 radical (unpaired) electrons. The van der Waals surface area contributed by atoms with Crippen molar-refractivity contribution in [3.8, 4) is 11.8 Å². The number of aryl methyl sites for hydroxylation is 1. The fourth-order valence-corrected chi connectivity index (χ4v) is 4.25. The summed E-state index contributed by atoms with van der Waals surface area (Å²) in [5.74, 6) is -0.258. The first kappa shape index (κ1) is 25.9. The monoisotopic (exact) mass is 497 g/mol. The number of nitrogens with zero attached hydrogens (tertiary/aromatic N) is 4. The van der Waals surface area contributed by atoms with Crippen LogP contribution in [-0.4, -0.2) is 59.3 Å². The molecule has 2 heterocycles. The van der Waals surface area contributed by atoms with E-state index in [2.05, 4.69) is 28.2 Å². The highest BCUT2D eigenvalue weighted by atomic mass is 16.5. The molecule has 0 aliphatic carbocycles. The Bertz CT molecular complexity index is 1290. The van der Waals surface area contributed by atoms with Crippen LogP contribution in [0.2, 0.25) is 0 Å². The van der Waals surface area contributed by atoms with Gasteiger partial charge in [-0.15, -0.1) is 0 Å². The molecule has 4 rings (SSSR count). The van der Waals surface area contributed by atoms with Gasteiger partial charge >= 0.3 is 0 Å². The van der Waals surface area contributed by atoms with Crippen LogP contribution in [0.4, 0.5) is 0 Å². The second-order valence-electron chi connectivity index (χ2n) is 9.01. The summed E-state index contributed by atoms with van der Waals surface area (Å²) in [7, 11) is 0. The van der Waals surface area contributed by atoms with E-state index in [4.69, 9.17) is 10.00 Å². The van der Waals surface area contributed by atoms with E-state index >= 15 is 0 Å². The summed E-state index contributed by atoms with van der Waals surface area (Å²) >= 11 is 0. The standard InChI is InChI=1S/C29H31N5O3/c1-3-33-11-13-34(14-12-33)29(36)25-16-26(37-20-22-7-5-4-6-8-22)27(31-19-25)28(35)32-18-24-10-9-23(17-30)15-21(24)2/h4-10,15-16,19H,3,11-14,18,20H2,1-2H3,(H,32,35). The van der Waals surface area contributed by atoms with E-state index in [1.807, 2.05) is 48.2 Å². The molecule has 0 bridgehead atoms. The average Bonchev–Trinajstić information content (AvgIpc) is 2.95. The number of hydrogen-bond donors (Lipinski definition) is 1. The quantitative estimate of drug-likeness (QED) is 0.511. The van der Waals surface area contributed by atoms with E-state index < -0.39 is 5.91 Å². The van der Waals surface area contributed by atoms with Crippen LogP contribution in [0.1, 0.15) is 50.0 Å². The van der Waals surface area contributed by atoms with Gasteiger partial charge in [-0.3, -0.25) is 9.59 Å². The van der Waals surface area contributed by atoms with Crippen LogP contribution < -0.4 is 10.1 Å². The predicted molar refractivity (Wildman–Crippen MR) is 140 cm³/mol. The summed E-state index contributed by atoms with van der Waals surface area (Å²) in [4.78, 5) is 34.8. The van der Waals surface area contributed by atoms with Crippen LogP contribution in [0.25, 0.3) is 0 Å². The number of aromatic nitrogens is 1. The Morgan fingerprint density at radius 2 is 1.84 bits per heavy atom. The zero-order valence-corrected chi connectivity index (χ0v) is 21.2. The lowest BCUT2D eigenvalue weighted by Crippen LogP contribution is -2.48. The molecule has 37 heavy (non-hydrogen) atoms. The number of amides is 2. The number of nitrogens with one attached hydrogen (secondary N) is 1. The zero-order valence-electron chi connectivity index (χ0n) is 21.2. The van der Waals surface area contributed by atoms with Crippen LogP contribution in [0.15, 0.2) is 60.8 Å². The molecule has 1 saturated heterocycles. The number of carbonyl (C=O) groups excluding carboxylic acids is 2. The van der Waals surface area contributed by atoms with E-state index in [1.54, 1.807) is 18.2 Å². The minimum Gasteiger partial charge on any atom is -0.486 e. The molecule has 1 N–H and O–H groups in total. The maximum Gasteiger partial charge on any atom is 0.274 e. The smallest absolute Gasteiger partial charge is 0.274 e. The van der Waals surface area contributed by atoms with Crippen LogP contribution in [-0.2, 0) is 13.2 Å². The molecule has 0 unspecified atom stereocenters. The van der Waals surface area contributed by atoms with Crippen molar-refractivity contribution in [2.45, 2.75) is 27.0 Å². The number of ether oxygens (including phenoxy) is 1. The lowest BCUT2D eigenvalue weighted by molar-refractivity contribution is 0.0642. The molecule has 190 valence electrons. The third-order valence-corrected chi connectivity index (χ3v) is 6.57. The fourth-order valence-electron chi connectivity index (χ4n) is 4.25. The topological polar surface area (TPSA) is 98.6 Å². The Morgan fingerprint density at radius 1 is 1.08 bits per heavy atom. The molecule has 1 fully saturated rings. The number of hydrogen-bond acceptors (Lipinski definition) is 6. The third-order valence-electron chi connectivity index (χ3n) is 6.57. The Morgan fingerprint density at radius 3 is 2.51 bits per heavy atom. The van der Waals surface area contributed by atoms with Crippen molar-refractivity contribution in [3.63, 3.8) is 0 Å². The number of likely N-dealkylation sites (N-methyl/N-ethyl adjacent to an activating group) is 1. The lowest BCUT2D eigenvalue weighted by atomic mass is 10.1. The van der Waals surface area contributed by atoms with Crippen LogP contribution >= 0.6 is 0 Å². The highest BCUT2D eigenvalue weighted by Crippen LogP contribution is 2.22. The molecule has 2 amide bonds. The second-order valence-corrected chi connectivity index (χ2v) is 9.01. The minimum atomic E-state index is -0.401. The number of rotatable bonds is 8. The van der Waals surface area contributed by atoms with E-state index in [9.17, 15) is 9.59 Å². The summed E-state index contributed by atoms with van der Waals surface area (Å²) in [6.07, 6.45) is 1.45. The Labute approximate surface area is 217 Å². The molecular formula is C29H31N5O3. The molecular weight excluding hydrogens is 466 g/mol. The molecule has 8 nitrogen and oxygen atoms in total. The van der Waals surface area contributed by atoms with Crippen LogP contribution in [0.5, 0.6) is 5.75 Å². The van der Waals surface area contributed by atoms with Gasteiger partial charge in [0.2, 0.25) is 0 Å². The normalized spacial score (nSPS) is 13.6. The van der Waals surface area contributed by atoms with Crippen molar-refractivity contribution < 1.29 is 14.3 Å². The first-order valence-corrected chi connectivity index (χ1v) is 12.4. The van der Waals surface area contributed by atoms with E-state index in [-0.39, 0.29) is 30.5 Å². The van der Waals surface area contributed by atoms with Crippen molar-refractivity contribution in [1.82, 2.24) is 20.1 Å². The number of pyridine rings is 1. The van der Waals surface area contributed by atoms with Gasteiger partial charge in [-0.25, -0.2) is 4.98 Å². The average molecular weight is 498 g/mol. The van der Waals surface area contributed by atoms with Gasteiger partial charge in [-0.2, -0.15) is 5.26 Å². The molecule has 0 spiro atoms. The highest BCUT2D eigenvalue weighted by Gasteiger charge is 2.24. The number of nitriles is 1. The fraction of sp³-hybridized carbons (Fsp3) is 0.310. The van der Waals surface area contributed by atoms with Crippen molar-refractivity contribution >= 4 is 11.8 Å². The van der Waals surface area contributed by atoms with Gasteiger partial charge < -0.3 is 19.9 Å². The molecule has 8 heteroatoms. The van der Waals surface area contributed by atoms with Crippen molar-refractivity contribution in [2.24, 2.45) is 0 Å². The minimum absolute atomic E-state index is 0.118.